The average Bonchev–Trinajstić information content (AvgIpc) is 2.86. The number of hydrogen-bond donors (Lipinski definition) is 1. The summed E-state index contributed by atoms with van der Waals surface area (Å²) in [5.41, 5.74) is 1.41. The minimum Gasteiger partial charge on any atom is -0.488 e. The zero-order valence-electron chi connectivity index (χ0n) is 13.4. The quantitative estimate of drug-likeness (QED) is 0.755. The van der Waals surface area contributed by atoms with Gasteiger partial charge in [0.15, 0.2) is 11.6 Å². The van der Waals surface area contributed by atoms with Crippen molar-refractivity contribution in [1.29, 1.82) is 0 Å². The summed E-state index contributed by atoms with van der Waals surface area (Å²) in [4.78, 5) is 12.5. The molecule has 1 aromatic heterocycles. The van der Waals surface area contributed by atoms with Gasteiger partial charge in [-0.2, -0.15) is 0 Å². The Kier molecular flexibility index (Phi) is 4.66. The van der Waals surface area contributed by atoms with Gasteiger partial charge >= 0.3 is 5.69 Å². The van der Waals surface area contributed by atoms with E-state index in [2.05, 4.69) is 0 Å². The highest BCUT2D eigenvalue weighted by molar-refractivity contribution is 5.75. The summed E-state index contributed by atoms with van der Waals surface area (Å²) in [6.45, 7) is 2.43. The highest BCUT2D eigenvalue weighted by atomic mass is 19.1. The Morgan fingerprint density at radius 3 is 2.38 bits per heavy atom. The number of aliphatic hydroxyl groups excluding tert-OH is 1. The molecule has 0 aliphatic carbocycles. The second-order valence-corrected chi connectivity index (χ2v) is 5.52. The van der Waals surface area contributed by atoms with Crippen molar-refractivity contribution in [3.05, 3.63) is 64.8 Å². The smallest absolute Gasteiger partial charge is 0.329 e. The number of aliphatic hydroxyl groups is 1. The SMILES string of the molecule is CCn1c(=O)n(CC(O)COc2ccccc2F)c2ccccc21. The van der Waals surface area contributed by atoms with Crippen LogP contribution in [0.5, 0.6) is 5.75 Å². The lowest BCUT2D eigenvalue weighted by Gasteiger charge is -2.13. The number of nitrogens with zero attached hydrogens (tertiary/aromatic N) is 2. The van der Waals surface area contributed by atoms with Gasteiger partial charge in [0, 0.05) is 6.54 Å². The maximum absolute atomic E-state index is 13.5. The Balaban J connectivity index is 1.79. The maximum atomic E-state index is 13.5. The van der Waals surface area contributed by atoms with Gasteiger partial charge < -0.3 is 9.84 Å². The van der Waals surface area contributed by atoms with Crippen molar-refractivity contribution >= 4 is 11.0 Å². The van der Waals surface area contributed by atoms with Crippen LogP contribution < -0.4 is 10.4 Å². The highest BCUT2D eigenvalue weighted by Crippen LogP contribution is 2.16. The molecule has 0 amide bonds. The first-order chi connectivity index (χ1) is 11.6. The largest absolute Gasteiger partial charge is 0.488 e. The number of ether oxygens (including phenoxy) is 1. The monoisotopic (exact) mass is 330 g/mol. The van der Waals surface area contributed by atoms with Gasteiger partial charge in [-0.15, -0.1) is 0 Å². The summed E-state index contributed by atoms with van der Waals surface area (Å²) in [5, 5.41) is 10.2. The number of aryl methyl sites for hydroxylation is 1. The van der Waals surface area contributed by atoms with E-state index in [0.29, 0.717) is 6.54 Å². The van der Waals surface area contributed by atoms with Gasteiger partial charge in [0.25, 0.3) is 0 Å². The molecule has 0 aliphatic heterocycles. The van der Waals surface area contributed by atoms with E-state index in [1.807, 2.05) is 31.2 Å². The van der Waals surface area contributed by atoms with Crippen LogP contribution in [0.15, 0.2) is 53.3 Å². The van der Waals surface area contributed by atoms with Crippen LogP contribution in [0.2, 0.25) is 0 Å². The van der Waals surface area contributed by atoms with E-state index in [4.69, 9.17) is 4.74 Å². The molecule has 5 nitrogen and oxygen atoms in total. The molecular formula is C18H19FN2O3. The number of benzene rings is 2. The number of halogens is 1. The van der Waals surface area contributed by atoms with E-state index < -0.39 is 11.9 Å². The van der Waals surface area contributed by atoms with Gasteiger partial charge in [-0.25, -0.2) is 9.18 Å². The molecule has 3 rings (SSSR count). The van der Waals surface area contributed by atoms with Crippen molar-refractivity contribution in [2.45, 2.75) is 26.1 Å². The Morgan fingerprint density at radius 2 is 1.71 bits per heavy atom. The molecular weight excluding hydrogens is 311 g/mol. The predicted octanol–water partition coefficient (Wildman–Crippen LogP) is 2.40. The first-order valence-corrected chi connectivity index (χ1v) is 7.85. The van der Waals surface area contributed by atoms with Crippen LogP contribution in [0.4, 0.5) is 4.39 Å². The van der Waals surface area contributed by atoms with Crippen LogP contribution >= 0.6 is 0 Å². The van der Waals surface area contributed by atoms with Crippen molar-refractivity contribution in [3.63, 3.8) is 0 Å². The van der Waals surface area contributed by atoms with Crippen molar-refractivity contribution in [2.24, 2.45) is 0 Å². The van der Waals surface area contributed by atoms with E-state index in [-0.39, 0.29) is 24.6 Å². The van der Waals surface area contributed by atoms with Crippen LogP contribution in [0.1, 0.15) is 6.92 Å². The first-order valence-electron chi connectivity index (χ1n) is 7.85. The molecule has 0 saturated carbocycles. The van der Waals surface area contributed by atoms with E-state index in [9.17, 15) is 14.3 Å². The third-order valence-electron chi connectivity index (χ3n) is 3.90. The molecule has 1 N–H and O–H groups in total. The second-order valence-electron chi connectivity index (χ2n) is 5.52. The lowest BCUT2D eigenvalue weighted by molar-refractivity contribution is 0.0905. The third kappa shape index (κ3) is 3.05. The fraction of sp³-hybridized carbons (Fsp3) is 0.278. The summed E-state index contributed by atoms with van der Waals surface area (Å²) in [5.74, 6) is -0.399. The lowest BCUT2D eigenvalue weighted by Crippen LogP contribution is -2.31. The Labute approximate surface area is 138 Å². The Hall–Kier alpha value is -2.60. The van der Waals surface area contributed by atoms with Crippen LogP contribution in [-0.4, -0.2) is 27.0 Å². The number of imidazole rings is 1. The molecule has 0 radical (unpaired) electrons. The van der Waals surface area contributed by atoms with Crippen molar-refractivity contribution in [1.82, 2.24) is 9.13 Å². The average molecular weight is 330 g/mol. The molecule has 1 atom stereocenters. The van der Waals surface area contributed by atoms with E-state index in [1.54, 1.807) is 16.7 Å². The summed E-state index contributed by atoms with van der Waals surface area (Å²) >= 11 is 0. The van der Waals surface area contributed by atoms with Gasteiger partial charge in [-0.3, -0.25) is 9.13 Å². The van der Waals surface area contributed by atoms with Gasteiger partial charge in [-0.05, 0) is 31.2 Å². The zero-order valence-corrected chi connectivity index (χ0v) is 13.4. The fourth-order valence-corrected chi connectivity index (χ4v) is 2.77. The van der Waals surface area contributed by atoms with Gasteiger partial charge in [0.05, 0.1) is 17.6 Å². The molecule has 6 heteroatoms. The molecule has 3 aromatic rings. The van der Waals surface area contributed by atoms with Crippen LogP contribution in [0, 0.1) is 5.82 Å². The molecule has 0 fully saturated rings. The molecule has 126 valence electrons. The minimum atomic E-state index is -0.932. The molecule has 0 bridgehead atoms. The van der Waals surface area contributed by atoms with Gasteiger partial charge in [0.1, 0.15) is 12.7 Å². The number of aromatic nitrogens is 2. The fourth-order valence-electron chi connectivity index (χ4n) is 2.77. The summed E-state index contributed by atoms with van der Waals surface area (Å²) < 4.78 is 22.0. The molecule has 0 aliphatic rings. The first kappa shape index (κ1) is 16.3. The topological polar surface area (TPSA) is 56.4 Å². The second kappa shape index (κ2) is 6.88. The third-order valence-corrected chi connectivity index (χ3v) is 3.90. The van der Waals surface area contributed by atoms with Crippen LogP contribution in [0.3, 0.4) is 0 Å². The maximum Gasteiger partial charge on any atom is 0.329 e. The molecule has 24 heavy (non-hydrogen) atoms. The molecule has 0 spiro atoms. The van der Waals surface area contributed by atoms with Gasteiger partial charge in [-0.1, -0.05) is 24.3 Å². The minimum absolute atomic E-state index is 0.0832. The number of para-hydroxylation sites is 3. The van der Waals surface area contributed by atoms with Gasteiger partial charge in [0.2, 0.25) is 0 Å². The van der Waals surface area contributed by atoms with Crippen LogP contribution in [-0.2, 0) is 13.1 Å². The van der Waals surface area contributed by atoms with E-state index >= 15 is 0 Å². The molecule has 1 unspecified atom stereocenters. The number of fused-ring (bicyclic) bond motifs is 1. The molecule has 1 heterocycles. The number of hydrogen-bond acceptors (Lipinski definition) is 3. The predicted molar refractivity (Wildman–Crippen MR) is 89.8 cm³/mol. The number of rotatable bonds is 6. The summed E-state index contributed by atoms with van der Waals surface area (Å²) in [7, 11) is 0. The normalized spacial score (nSPS) is 12.5. The standard InChI is InChI=1S/C18H19FN2O3/c1-2-20-15-8-4-5-9-16(15)21(18(20)23)11-13(22)12-24-17-10-6-3-7-14(17)19/h3-10,13,22H,2,11-12H2,1H3. The van der Waals surface area contributed by atoms with E-state index in [0.717, 1.165) is 11.0 Å². The Morgan fingerprint density at radius 1 is 1.08 bits per heavy atom. The van der Waals surface area contributed by atoms with Crippen molar-refractivity contribution in [2.75, 3.05) is 6.61 Å². The van der Waals surface area contributed by atoms with Crippen molar-refractivity contribution in [3.8, 4) is 5.75 Å². The van der Waals surface area contributed by atoms with E-state index in [1.165, 1.54) is 16.7 Å². The summed E-state index contributed by atoms with van der Waals surface area (Å²) in [6.07, 6.45) is -0.932. The molecule has 2 aromatic carbocycles. The Bertz CT molecular complexity index is 901. The van der Waals surface area contributed by atoms with Crippen LogP contribution in [0.25, 0.3) is 11.0 Å². The molecule has 0 saturated heterocycles. The lowest BCUT2D eigenvalue weighted by atomic mass is 10.3. The highest BCUT2D eigenvalue weighted by Gasteiger charge is 2.15. The van der Waals surface area contributed by atoms with Crippen molar-refractivity contribution < 1.29 is 14.2 Å². The summed E-state index contributed by atoms with van der Waals surface area (Å²) in [6, 6.07) is 13.4. The zero-order chi connectivity index (χ0) is 17.1.